The number of aliphatic hydroxyl groups excluding tert-OH is 1. The molecule has 184 valence electrons. The fourth-order valence-electron chi connectivity index (χ4n) is 5.42. The lowest BCUT2D eigenvalue weighted by atomic mass is 9.76. The molecule has 0 radical (unpaired) electrons. The number of pyridine rings is 1. The van der Waals surface area contributed by atoms with Crippen molar-refractivity contribution in [2.45, 2.75) is 37.7 Å². The number of allylic oxidation sites excluding steroid dienone is 1. The van der Waals surface area contributed by atoms with Crippen LogP contribution in [0.15, 0.2) is 49.1 Å². The van der Waals surface area contributed by atoms with E-state index >= 15 is 0 Å². The SMILES string of the molecule is CS(=O)(=O)N1CCC(C2c3ccc(Cl)cc3C=C(CCC(O)c3cnc[nH]3)c3cccnc32)CC1. The van der Waals surface area contributed by atoms with Crippen LogP contribution in [0.2, 0.25) is 5.02 Å². The topological polar surface area (TPSA) is 99.2 Å². The Labute approximate surface area is 210 Å². The molecule has 0 bridgehead atoms. The van der Waals surface area contributed by atoms with Crippen molar-refractivity contribution in [2.24, 2.45) is 5.92 Å². The van der Waals surface area contributed by atoms with Crippen LogP contribution in [0.3, 0.4) is 0 Å². The predicted octanol–water partition coefficient (Wildman–Crippen LogP) is 4.63. The summed E-state index contributed by atoms with van der Waals surface area (Å²) in [5.41, 5.74) is 6.10. The summed E-state index contributed by atoms with van der Waals surface area (Å²) in [6, 6.07) is 10.0. The van der Waals surface area contributed by atoms with Crippen LogP contribution in [0, 0.1) is 5.92 Å². The van der Waals surface area contributed by atoms with Crippen LogP contribution in [-0.2, 0) is 10.0 Å². The number of H-pyrrole nitrogens is 1. The highest BCUT2D eigenvalue weighted by molar-refractivity contribution is 7.88. The van der Waals surface area contributed by atoms with Crippen LogP contribution in [0.25, 0.3) is 11.6 Å². The Morgan fingerprint density at radius 3 is 2.77 bits per heavy atom. The fraction of sp³-hybridized carbons (Fsp3) is 0.385. The summed E-state index contributed by atoms with van der Waals surface area (Å²) in [7, 11) is -3.20. The molecule has 9 heteroatoms. The Morgan fingerprint density at radius 2 is 2.06 bits per heavy atom. The van der Waals surface area contributed by atoms with Crippen molar-refractivity contribution >= 4 is 33.3 Å². The maximum atomic E-state index is 12.1. The molecular weight excluding hydrogens is 484 g/mol. The number of hydrogen-bond donors (Lipinski definition) is 2. The van der Waals surface area contributed by atoms with Crippen molar-refractivity contribution in [3.8, 4) is 0 Å². The van der Waals surface area contributed by atoms with Gasteiger partial charge in [-0.25, -0.2) is 17.7 Å². The van der Waals surface area contributed by atoms with E-state index in [1.165, 1.54) is 6.26 Å². The highest BCUT2D eigenvalue weighted by Crippen LogP contribution is 2.45. The average molecular weight is 513 g/mol. The highest BCUT2D eigenvalue weighted by atomic mass is 35.5. The minimum Gasteiger partial charge on any atom is -0.387 e. The normalized spacial score (nSPS) is 20.0. The molecule has 0 spiro atoms. The fourth-order valence-corrected chi connectivity index (χ4v) is 6.48. The molecule has 3 heterocycles. The zero-order valence-electron chi connectivity index (χ0n) is 19.6. The average Bonchev–Trinajstić information content (AvgIpc) is 3.34. The first-order chi connectivity index (χ1) is 16.8. The summed E-state index contributed by atoms with van der Waals surface area (Å²) in [6.45, 7) is 1.03. The van der Waals surface area contributed by atoms with Gasteiger partial charge in [-0.2, -0.15) is 0 Å². The first-order valence-electron chi connectivity index (χ1n) is 11.9. The minimum absolute atomic E-state index is 0.0338. The van der Waals surface area contributed by atoms with Crippen LogP contribution in [0.5, 0.6) is 0 Å². The molecule has 2 aromatic heterocycles. The number of fused-ring (bicyclic) bond motifs is 2. The van der Waals surface area contributed by atoms with Gasteiger partial charge in [0.1, 0.15) is 0 Å². The number of aromatic nitrogens is 3. The number of rotatable bonds is 6. The molecule has 1 fully saturated rings. The second kappa shape index (κ2) is 9.85. The Balaban J connectivity index is 1.51. The molecular formula is C26H29ClN4O3S. The standard InChI is InChI=1S/C26H29ClN4O3S/c1-35(33,34)31-11-8-17(9-12-31)25-21-6-5-20(27)14-19(21)13-18(22-3-2-10-29-26(22)25)4-7-24(32)23-15-28-16-30-23/h2-3,5-6,10,13-17,24-25,32H,4,7-9,11-12H2,1H3,(H,28,30). The molecule has 1 aliphatic heterocycles. The van der Waals surface area contributed by atoms with E-state index in [-0.39, 0.29) is 11.8 Å². The van der Waals surface area contributed by atoms with E-state index in [1.807, 2.05) is 24.4 Å². The second-order valence-electron chi connectivity index (χ2n) is 9.42. The third-order valence-corrected chi connectivity index (χ3v) is 8.74. The molecule has 1 aliphatic carbocycles. The van der Waals surface area contributed by atoms with Crippen molar-refractivity contribution in [2.75, 3.05) is 19.3 Å². The van der Waals surface area contributed by atoms with Crippen LogP contribution in [0.1, 0.15) is 65.8 Å². The third kappa shape index (κ3) is 5.07. The number of imidazole rings is 1. The molecule has 0 saturated carbocycles. The van der Waals surface area contributed by atoms with Crippen molar-refractivity contribution in [1.29, 1.82) is 0 Å². The number of halogens is 1. The van der Waals surface area contributed by atoms with Gasteiger partial charge in [0.05, 0.1) is 36.3 Å². The summed E-state index contributed by atoms with van der Waals surface area (Å²) >= 11 is 6.42. The zero-order chi connectivity index (χ0) is 24.6. The number of nitrogens with zero attached hydrogens (tertiary/aromatic N) is 3. The number of hydrogen-bond acceptors (Lipinski definition) is 5. The van der Waals surface area contributed by atoms with Crippen LogP contribution >= 0.6 is 11.6 Å². The minimum atomic E-state index is -3.20. The summed E-state index contributed by atoms with van der Waals surface area (Å²) in [6.07, 6.45) is 10.6. The Morgan fingerprint density at radius 1 is 1.26 bits per heavy atom. The monoisotopic (exact) mass is 512 g/mol. The van der Waals surface area contributed by atoms with Gasteiger partial charge in [0.25, 0.3) is 0 Å². The predicted molar refractivity (Wildman–Crippen MR) is 137 cm³/mol. The van der Waals surface area contributed by atoms with Gasteiger partial charge < -0.3 is 10.1 Å². The largest absolute Gasteiger partial charge is 0.387 e. The van der Waals surface area contributed by atoms with E-state index in [4.69, 9.17) is 16.6 Å². The number of piperidine rings is 1. The molecule has 1 saturated heterocycles. The van der Waals surface area contributed by atoms with E-state index in [0.29, 0.717) is 36.6 Å². The van der Waals surface area contributed by atoms with E-state index in [9.17, 15) is 13.5 Å². The van der Waals surface area contributed by atoms with Crippen LogP contribution in [-0.4, -0.2) is 52.1 Å². The van der Waals surface area contributed by atoms with Gasteiger partial charge in [-0.15, -0.1) is 0 Å². The van der Waals surface area contributed by atoms with Gasteiger partial charge >= 0.3 is 0 Å². The number of benzene rings is 1. The van der Waals surface area contributed by atoms with E-state index in [1.54, 1.807) is 16.8 Å². The number of aliphatic hydroxyl groups is 1. The van der Waals surface area contributed by atoms with Gasteiger partial charge in [-0.05, 0) is 72.1 Å². The Bertz CT molecular complexity index is 1330. The number of aromatic amines is 1. The smallest absolute Gasteiger partial charge is 0.211 e. The van der Waals surface area contributed by atoms with E-state index in [2.05, 4.69) is 28.2 Å². The third-order valence-electron chi connectivity index (χ3n) is 7.20. The maximum Gasteiger partial charge on any atom is 0.211 e. The van der Waals surface area contributed by atoms with Crippen LogP contribution in [0.4, 0.5) is 0 Å². The molecule has 35 heavy (non-hydrogen) atoms. The molecule has 3 aromatic rings. The summed E-state index contributed by atoms with van der Waals surface area (Å²) in [5, 5.41) is 11.3. The highest BCUT2D eigenvalue weighted by Gasteiger charge is 2.36. The second-order valence-corrected chi connectivity index (χ2v) is 11.8. The van der Waals surface area contributed by atoms with Gasteiger partial charge in [0, 0.05) is 30.2 Å². The van der Waals surface area contributed by atoms with Crippen molar-refractivity contribution in [3.63, 3.8) is 0 Å². The molecule has 2 unspecified atom stereocenters. The molecule has 7 nitrogen and oxygen atoms in total. The molecule has 2 atom stereocenters. The van der Waals surface area contributed by atoms with E-state index in [0.717, 1.165) is 40.8 Å². The van der Waals surface area contributed by atoms with Gasteiger partial charge in [0.2, 0.25) is 10.0 Å². The Hall–Kier alpha value is -2.52. The first kappa shape index (κ1) is 24.2. The summed E-state index contributed by atoms with van der Waals surface area (Å²) in [5.74, 6) is 0.288. The van der Waals surface area contributed by atoms with Crippen molar-refractivity contribution in [1.82, 2.24) is 19.3 Å². The lowest BCUT2D eigenvalue weighted by molar-refractivity contribution is 0.165. The van der Waals surface area contributed by atoms with Gasteiger partial charge in [-0.1, -0.05) is 29.8 Å². The number of sulfonamides is 1. The number of nitrogens with one attached hydrogen (secondary N) is 1. The maximum absolute atomic E-state index is 12.1. The van der Waals surface area contributed by atoms with Gasteiger partial charge in [-0.3, -0.25) is 4.98 Å². The van der Waals surface area contributed by atoms with Crippen molar-refractivity contribution < 1.29 is 13.5 Å². The molecule has 2 aliphatic rings. The quantitative estimate of drug-likeness (QED) is 0.501. The summed E-state index contributed by atoms with van der Waals surface area (Å²) in [4.78, 5) is 11.9. The Kier molecular flexibility index (Phi) is 6.81. The molecule has 2 N–H and O–H groups in total. The van der Waals surface area contributed by atoms with Gasteiger partial charge in [0.15, 0.2) is 0 Å². The van der Waals surface area contributed by atoms with E-state index < -0.39 is 16.1 Å². The lowest BCUT2D eigenvalue weighted by Crippen LogP contribution is -2.39. The molecule has 5 rings (SSSR count). The zero-order valence-corrected chi connectivity index (χ0v) is 21.1. The molecule has 0 amide bonds. The summed E-state index contributed by atoms with van der Waals surface area (Å²) < 4.78 is 25.7. The molecule has 1 aromatic carbocycles. The van der Waals surface area contributed by atoms with Crippen molar-refractivity contribution in [3.05, 3.63) is 82.2 Å². The lowest BCUT2D eigenvalue weighted by Gasteiger charge is -2.35. The first-order valence-corrected chi connectivity index (χ1v) is 14.1. The van der Waals surface area contributed by atoms with Crippen LogP contribution < -0.4 is 0 Å².